The van der Waals surface area contributed by atoms with Gasteiger partial charge in [-0.1, -0.05) is 6.07 Å². The molecule has 2 heterocycles. The Morgan fingerprint density at radius 2 is 2.44 bits per heavy atom. The highest BCUT2D eigenvalue weighted by atomic mass is 32.1. The van der Waals surface area contributed by atoms with Gasteiger partial charge in [0, 0.05) is 13.6 Å². The summed E-state index contributed by atoms with van der Waals surface area (Å²) in [6.45, 7) is 1.52. The number of hydrogen-bond donors (Lipinski definition) is 1. The highest BCUT2D eigenvalue weighted by Crippen LogP contribution is 2.21. The predicted octanol–water partition coefficient (Wildman–Crippen LogP) is 1.02. The third-order valence-electron chi connectivity index (χ3n) is 2.09. The molecule has 0 bridgehead atoms. The van der Waals surface area contributed by atoms with Crippen molar-refractivity contribution in [3.63, 3.8) is 0 Å². The topological polar surface area (TPSA) is 66.0 Å². The van der Waals surface area contributed by atoms with Crippen LogP contribution in [-0.4, -0.2) is 27.9 Å². The second-order valence-electron chi connectivity index (χ2n) is 3.29. The van der Waals surface area contributed by atoms with Crippen molar-refractivity contribution in [1.82, 2.24) is 14.8 Å². The Morgan fingerprint density at radius 1 is 1.56 bits per heavy atom. The molecule has 0 aliphatic carbocycles. The normalized spacial score (nSPS) is 10.9. The molecule has 16 heavy (non-hydrogen) atoms. The molecule has 0 aromatic carbocycles. The van der Waals surface area contributed by atoms with Crippen LogP contribution in [0.15, 0.2) is 17.5 Å². The largest absolute Gasteiger partial charge is 0.372 e. The molecule has 0 spiro atoms. The average Bonchev–Trinajstić information content (AvgIpc) is 2.88. The highest BCUT2D eigenvalue weighted by Gasteiger charge is 2.09. The second kappa shape index (κ2) is 5.20. The molecular formula is C10H14N4OS. The van der Waals surface area contributed by atoms with E-state index in [0.717, 1.165) is 16.5 Å². The lowest BCUT2D eigenvalue weighted by Gasteiger charge is -2.00. The lowest BCUT2D eigenvalue weighted by molar-refractivity contribution is 0.120. The minimum Gasteiger partial charge on any atom is -0.372 e. The Labute approximate surface area is 97.9 Å². The second-order valence-corrected chi connectivity index (χ2v) is 4.24. The van der Waals surface area contributed by atoms with Crippen molar-refractivity contribution in [2.45, 2.75) is 6.61 Å². The van der Waals surface area contributed by atoms with Gasteiger partial charge in [-0.05, 0) is 11.4 Å². The van der Waals surface area contributed by atoms with Crippen molar-refractivity contribution in [2.24, 2.45) is 12.8 Å². The van der Waals surface area contributed by atoms with Crippen LogP contribution in [0.1, 0.15) is 5.82 Å². The fraction of sp³-hybridized carbons (Fsp3) is 0.400. The maximum Gasteiger partial charge on any atom is 0.191 e. The Morgan fingerprint density at radius 3 is 3.12 bits per heavy atom. The summed E-state index contributed by atoms with van der Waals surface area (Å²) in [4.78, 5) is 5.49. The van der Waals surface area contributed by atoms with Crippen molar-refractivity contribution in [3.05, 3.63) is 23.3 Å². The summed E-state index contributed by atoms with van der Waals surface area (Å²) >= 11 is 1.63. The zero-order valence-electron chi connectivity index (χ0n) is 9.09. The van der Waals surface area contributed by atoms with Gasteiger partial charge in [-0.2, -0.15) is 5.10 Å². The first-order valence-corrected chi connectivity index (χ1v) is 5.91. The van der Waals surface area contributed by atoms with Crippen LogP contribution in [0, 0.1) is 0 Å². The van der Waals surface area contributed by atoms with Crippen molar-refractivity contribution < 1.29 is 4.74 Å². The fourth-order valence-corrected chi connectivity index (χ4v) is 1.95. The standard InChI is InChI=1S/C10H14N4OS/c1-14-9(7-15-5-4-11)12-10(13-14)8-3-2-6-16-8/h2-3,6H,4-5,7,11H2,1H3. The van der Waals surface area contributed by atoms with Crippen LogP contribution in [-0.2, 0) is 18.4 Å². The summed E-state index contributed by atoms with van der Waals surface area (Å²) in [5.74, 6) is 1.57. The molecule has 5 nitrogen and oxygen atoms in total. The Hall–Kier alpha value is -1.24. The summed E-state index contributed by atoms with van der Waals surface area (Å²) in [6, 6.07) is 3.99. The molecule has 0 aliphatic rings. The molecule has 0 fully saturated rings. The third-order valence-corrected chi connectivity index (χ3v) is 2.95. The van der Waals surface area contributed by atoms with E-state index in [4.69, 9.17) is 10.5 Å². The highest BCUT2D eigenvalue weighted by molar-refractivity contribution is 7.13. The third kappa shape index (κ3) is 2.46. The Balaban J connectivity index is 2.10. The Kier molecular flexibility index (Phi) is 3.66. The van der Waals surface area contributed by atoms with Crippen molar-refractivity contribution in [2.75, 3.05) is 13.2 Å². The molecule has 2 rings (SSSR count). The molecule has 0 radical (unpaired) electrons. The average molecular weight is 238 g/mol. The zero-order chi connectivity index (χ0) is 11.4. The molecule has 2 N–H and O–H groups in total. The number of aryl methyl sites for hydroxylation is 1. The summed E-state index contributed by atoms with van der Waals surface area (Å²) in [6.07, 6.45) is 0. The first kappa shape index (κ1) is 11.3. The van der Waals surface area contributed by atoms with Crippen molar-refractivity contribution >= 4 is 11.3 Å². The quantitative estimate of drug-likeness (QED) is 0.790. The number of ether oxygens (including phenoxy) is 1. The van der Waals surface area contributed by atoms with Crippen molar-refractivity contribution in [1.29, 1.82) is 0 Å². The van der Waals surface area contributed by atoms with E-state index in [1.54, 1.807) is 16.0 Å². The first-order valence-electron chi connectivity index (χ1n) is 5.03. The molecule has 0 atom stereocenters. The van der Waals surface area contributed by atoms with Gasteiger partial charge in [-0.25, -0.2) is 4.98 Å². The molecule has 0 aliphatic heterocycles. The number of hydrogen-bond acceptors (Lipinski definition) is 5. The van der Waals surface area contributed by atoms with E-state index in [1.165, 1.54) is 0 Å². The number of nitrogens with two attached hydrogens (primary N) is 1. The number of aromatic nitrogens is 3. The minimum atomic E-state index is 0.450. The fourth-order valence-electron chi connectivity index (χ4n) is 1.30. The van der Waals surface area contributed by atoms with Gasteiger partial charge < -0.3 is 10.5 Å². The predicted molar refractivity (Wildman–Crippen MR) is 63.0 cm³/mol. The van der Waals surface area contributed by atoms with E-state index in [1.807, 2.05) is 24.6 Å². The van der Waals surface area contributed by atoms with Crippen LogP contribution in [0.4, 0.5) is 0 Å². The molecule has 6 heteroatoms. The molecule has 2 aromatic heterocycles. The van der Waals surface area contributed by atoms with Gasteiger partial charge >= 0.3 is 0 Å². The molecule has 2 aromatic rings. The van der Waals surface area contributed by atoms with Crippen LogP contribution < -0.4 is 5.73 Å². The van der Waals surface area contributed by atoms with Crippen LogP contribution in [0.3, 0.4) is 0 Å². The number of rotatable bonds is 5. The van der Waals surface area contributed by atoms with E-state index >= 15 is 0 Å². The smallest absolute Gasteiger partial charge is 0.191 e. The molecule has 86 valence electrons. The Bertz CT molecular complexity index is 438. The van der Waals surface area contributed by atoms with Crippen LogP contribution in [0.25, 0.3) is 10.7 Å². The first-order chi connectivity index (χ1) is 7.81. The van der Waals surface area contributed by atoms with E-state index in [0.29, 0.717) is 19.8 Å². The van der Waals surface area contributed by atoms with Gasteiger partial charge in [0.15, 0.2) is 11.6 Å². The van der Waals surface area contributed by atoms with Gasteiger partial charge in [-0.15, -0.1) is 11.3 Å². The maximum atomic E-state index is 5.35. The van der Waals surface area contributed by atoms with E-state index < -0.39 is 0 Å². The van der Waals surface area contributed by atoms with Gasteiger partial charge in [0.05, 0.1) is 11.5 Å². The number of nitrogens with zero attached hydrogens (tertiary/aromatic N) is 3. The molecule has 0 unspecified atom stereocenters. The minimum absolute atomic E-state index is 0.450. The zero-order valence-corrected chi connectivity index (χ0v) is 9.91. The van der Waals surface area contributed by atoms with Crippen molar-refractivity contribution in [3.8, 4) is 10.7 Å². The van der Waals surface area contributed by atoms with Gasteiger partial charge in [0.25, 0.3) is 0 Å². The summed E-state index contributed by atoms with van der Waals surface area (Å²) in [5, 5.41) is 6.35. The summed E-state index contributed by atoms with van der Waals surface area (Å²) < 4.78 is 7.08. The van der Waals surface area contributed by atoms with E-state index in [2.05, 4.69) is 10.1 Å². The molecular weight excluding hydrogens is 224 g/mol. The van der Waals surface area contributed by atoms with E-state index in [9.17, 15) is 0 Å². The monoisotopic (exact) mass is 238 g/mol. The molecule has 0 amide bonds. The van der Waals surface area contributed by atoms with Gasteiger partial charge in [-0.3, -0.25) is 4.68 Å². The lowest BCUT2D eigenvalue weighted by Crippen LogP contribution is -2.10. The summed E-state index contributed by atoms with van der Waals surface area (Å²) in [5.41, 5.74) is 5.35. The van der Waals surface area contributed by atoms with Gasteiger partial charge in [0.1, 0.15) is 6.61 Å². The lowest BCUT2D eigenvalue weighted by atomic mass is 10.4. The van der Waals surface area contributed by atoms with Crippen LogP contribution in [0.5, 0.6) is 0 Å². The van der Waals surface area contributed by atoms with Gasteiger partial charge in [0.2, 0.25) is 0 Å². The maximum absolute atomic E-state index is 5.35. The SMILES string of the molecule is Cn1nc(-c2cccs2)nc1COCCN. The molecule has 0 saturated heterocycles. The van der Waals surface area contributed by atoms with E-state index in [-0.39, 0.29) is 0 Å². The molecule has 0 saturated carbocycles. The summed E-state index contributed by atoms with van der Waals surface area (Å²) in [7, 11) is 1.87. The number of thiophene rings is 1. The van der Waals surface area contributed by atoms with Crippen LogP contribution >= 0.6 is 11.3 Å². The van der Waals surface area contributed by atoms with Crippen LogP contribution in [0.2, 0.25) is 0 Å².